The summed E-state index contributed by atoms with van der Waals surface area (Å²) < 4.78 is 0. The van der Waals surface area contributed by atoms with Gasteiger partial charge in [-0.3, -0.25) is 4.79 Å². The maximum absolute atomic E-state index is 10.5. The lowest BCUT2D eigenvalue weighted by molar-refractivity contribution is -0.138. The van der Waals surface area contributed by atoms with Crippen LogP contribution in [0.4, 0.5) is 0 Å². The van der Waals surface area contributed by atoms with Gasteiger partial charge in [0.1, 0.15) is 0 Å². The predicted molar refractivity (Wildman–Crippen MR) is 86.9 cm³/mol. The van der Waals surface area contributed by atoms with Gasteiger partial charge in [-0.25, -0.2) is 0 Å². The highest BCUT2D eigenvalue weighted by molar-refractivity contribution is 5.66. The molecular formula is C18H32O2. The van der Waals surface area contributed by atoms with Gasteiger partial charge < -0.3 is 5.11 Å². The van der Waals surface area contributed by atoms with Crippen molar-refractivity contribution in [1.82, 2.24) is 0 Å². The Morgan fingerprint density at radius 1 is 0.950 bits per heavy atom. The van der Waals surface area contributed by atoms with Crippen LogP contribution in [-0.2, 0) is 4.79 Å². The molecule has 0 rings (SSSR count). The molecule has 0 bridgehead atoms. The molecule has 1 N–H and O–H groups in total. The van der Waals surface area contributed by atoms with E-state index in [0.29, 0.717) is 12.3 Å². The largest absolute Gasteiger partial charge is 0.481 e. The lowest BCUT2D eigenvalue weighted by Gasteiger charge is -2.06. The van der Waals surface area contributed by atoms with Gasteiger partial charge in [-0.05, 0) is 38.0 Å². The zero-order valence-corrected chi connectivity index (χ0v) is 13.3. The van der Waals surface area contributed by atoms with Crippen LogP contribution >= 0.6 is 0 Å². The summed E-state index contributed by atoms with van der Waals surface area (Å²) in [6.45, 7) is 4.24. The summed E-state index contributed by atoms with van der Waals surface area (Å²) >= 11 is 0. The molecule has 0 fully saturated rings. The summed E-state index contributed by atoms with van der Waals surface area (Å²) in [5.41, 5.74) is 0. The van der Waals surface area contributed by atoms with Crippen molar-refractivity contribution >= 4 is 5.97 Å². The average Bonchev–Trinajstić information content (AvgIpc) is 2.39. The van der Waals surface area contributed by atoms with E-state index < -0.39 is 5.97 Å². The topological polar surface area (TPSA) is 37.3 Å². The van der Waals surface area contributed by atoms with Crippen LogP contribution < -0.4 is 0 Å². The van der Waals surface area contributed by atoms with Crippen molar-refractivity contribution in [2.24, 2.45) is 5.92 Å². The molecule has 0 saturated carbocycles. The van der Waals surface area contributed by atoms with E-state index in [0.717, 1.165) is 32.1 Å². The molecule has 1 atom stereocenters. The van der Waals surface area contributed by atoms with Gasteiger partial charge in [-0.1, -0.05) is 63.8 Å². The second kappa shape index (κ2) is 14.4. The Balaban J connectivity index is 3.31. The van der Waals surface area contributed by atoms with Gasteiger partial charge in [0.15, 0.2) is 0 Å². The molecule has 0 saturated heterocycles. The van der Waals surface area contributed by atoms with Gasteiger partial charge in [-0.2, -0.15) is 0 Å². The summed E-state index contributed by atoms with van der Waals surface area (Å²) in [4.78, 5) is 10.5. The van der Waals surface area contributed by atoms with Crippen LogP contribution in [0.1, 0.15) is 78.1 Å². The molecule has 2 nitrogen and oxygen atoms in total. The number of allylic oxidation sites excluding steroid dienone is 4. The van der Waals surface area contributed by atoms with Crippen LogP contribution in [0.5, 0.6) is 0 Å². The number of aliphatic carboxylic acids is 1. The number of hydrogen-bond donors (Lipinski definition) is 1. The third-order valence-electron chi connectivity index (χ3n) is 3.40. The minimum absolute atomic E-state index is 0.306. The molecule has 0 aliphatic heterocycles. The molecule has 20 heavy (non-hydrogen) atoms. The first-order chi connectivity index (χ1) is 9.66. The molecule has 0 spiro atoms. The number of carbonyl (C=O) groups is 1. The first-order valence-corrected chi connectivity index (χ1v) is 8.18. The van der Waals surface area contributed by atoms with Crippen molar-refractivity contribution in [3.63, 3.8) is 0 Å². The summed E-state index contributed by atoms with van der Waals surface area (Å²) in [5, 5.41) is 8.66. The number of carboxylic acids is 1. The van der Waals surface area contributed by atoms with Crippen molar-refractivity contribution < 1.29 is 9.90 Å². The Morgan fingerprint density at radius 2 is 1.50 bits per heavy atom. The second-order valence-electron chi connectivity index (χ2n) is 5.65. The molecule has 0 aliphatic carbocycles. The van der Waals surface area contributed by atoms with Crippen LogP contribution in [0.25, 0.3) is 0 Å². The quantitative estimate of drug-likeness (QED) is 0.345. The van der Waals surface area contributed by atoms with E-state index in [1.54, 1.807) is 0 Å². The van der Waals surface area contributed by atoms with E-state index >= 15 is 0 Å². The van der Waals surface area contributed by atoms with Crippen LogP contribution in [0.2, 0.25) is 0 Å². The van der Waals surface area contributed by atoms with E-state index in [1.165, 1.54) is 25.7 Å². The highest BCUT2D eigenvalue weighted by atomic mass is 16.4. The first-order valence-electron chi connectivity index (χ1n) is 8.18. The molecule has 0 aromatic carbocycles. The fourth-order valence-corrected chi connectivity index (χ4v) is 2.14. The Labute approximate surface area is 125 Å². The summed E-state index contributed by atoms with van der Waals surface area (Å²) in [5.74, 6) is -0.367. The fraction of sp³-hybridized carbons (Fsp3) is 0.722. The minimum Gasteiger partial charge on any atom is -0.481 e. The molecule has 0 amide bonds. The highest BCUT2D eigenvalue weighted by Crippen LogP contribution is 2.13. The third kappa shape index (κ3) is 15.0. The lowest BCUT2D eigenvalue weighted by Crippen LogP contribution is -2.03. The summed E-state index contributed by atoms with van der Waals surface area (Å²) in [6.07, 6.45) is 20.0. The van der Waals surface area contributed by atoms with Crippen molar-refractivity contribution in [2.75, 3.05) is 0 Å². The monoisotopic (exact) mass is 280 g/mol. The van der Waals surface area contributed by atoms with E-state index in [4.69, 9.17) is 5.11 Å². The summed E-state index contributed by atoms with van der Waals surface area (Å²) in [7, 11) is 0. The second-order valence-corrected chi connectivity index (χ2v) is 5.65. The Hall–Kier alpha value is -1.05. The van der Waals surface area contributed by atoms with E-state index in [1.807, 2.05) is 6.92 Å². The van der Waals surface area contributed by atoms with Crippen molar-refractivity contribution in [2.45, 2.75) is 78.1 Å². The average molecular weight is 280 g/mol. The maximum atomic E-state index is 10.5. The van der Waals surface area contributed by atoms with Gasteiger partial charge in [0.05, 0.1) is 0 Å². The Bertz CT molecular complexity index is 279. The van der Waals surface area contributed by atoms with Gasteiger partial charge in [0.2, 0.25) is 0 Å². The van der Waals surface area contributed by atoms with E-state index in [2.05, 4.69) is 31.2 Å². The summed E-state index contributed by atoms with van der Waals surface area (Å²) in [6, 6.07) is 0. The van der Waals surface area contributed by atoms with Crippen LogP contribution in [0, 0.1) is 5.92 Å². The zero-order valence-electron chi connectivity index (χ0n) is 13.3. The van der Waals surface area contributed by atoms with Crippen molar-refractivity contribution in [3.05, 3.63) is 24.3 Å². The lowest BCUT2D eigenvalue weighted by atomic mass is 10.00. The maximum Gasteiger partial charge on any atom is 0.303 e. The molecule has 0 aliphatic rings. The minimum atomic E-state index is -0.676. The van der Waals surface area contributed by atoms with Crippen LogP contribution in [-0.4, -0.2) is 11.1 Å². The SMILES string of the molecule is CCCCC=CCCC=CCCCCC(C)CC(=O)O. The third-order valence-corrected chi connectivity index (χ3v) is 3.40. The number of hydrogen-bond acceptors (Lipinski definition) is 1. The molecule has 2 heteroatoms. The Kier molecular flexibility index (Phi) is 13.6. The van der Waals surface area contributed by atoms with Crippen molar-refractivity contribution in [1.29, 1.82) is 0 Å². The molecule has 1 unspecified atom stereocenters. The standard InChI is InChI=1S/C18H32O2/c1-3-4-5-6-7-8-9-10-11-12-13-14-15-17(2)16-18(19)20/h6-7,10-11,17H,3-5,8-9,12-16H2,1-2H3,(H,19,20). The predicted octanol–water partition coefficient (Wildman–Crippen LogP) is 5.74. The van der Waals surface area contributed by atoms with Gasteiger partial charge in [-0.15, -0.1) is 0 Å². The molecule has 0 aromatic rings. The number of carboxylic acid groups (broad SMARTS) is 1. The fourth-order valence-electron chi connectivity index (χ4n) is 2.14. The zero-order chi connectivity index (χ0) is 15.1. The van der Waals surface area contributed by atoms with Gasteiger partial charge >= 0.3 is 5.97 Å². The van der Waals surface area contributed by atoms with E-state index in [-0.39, 0.29) is 0 Å². The Morgan fingerprint density at radius 3 is 2.05 bits per heavy atom. The molecular weight excluding hydrogens is 248 g/mol. The molecule has 116 valence electrons. The molecule has 0 heterocycles. The van der Waals surface area contributed by atoms with Crippen LogP contribution in [0.3, 0.4) is 0 Å². The van der Waals surface area contributed by atoms with Crippen LogP contribution in [0.15, 0.2) is 24.3 Å². The van der Waals surface area contributed by atoms with E-state index in [9.17, 15) is 4.79 Å². The molecule has 0 radical (unpaired) electrons. The van der Waals surface area contributed by atoms with Gasteiger partial charge in [0, 0.05) is 6.42 Å². The number of unbranched alkanes of at least 4 members (excludes halogenated alkanes) is 5. The smallest absolute Gasteiger partial charge is 0.303 e. The highest BCUT2D eigenvalue weighted by Gasteiger charge is 2.06. The number of rotatable bonds is 13. The van der Waals surface area contributed by atoms with Crippen molar-refractivity contribution in [3.8, 4) is 0 Å². The van der Waals surface area contributed by atoms with Gasteiger partial charge in [0.25, 0.3) is 0 Å². The molecule has 0 aromatic heterocycles. The normalized spacial score (nSPS) is 13.3. The first kappa shape index (κ1) is 18.9.